The third-order valence-electron chi connectivity index (χ3n) is 1.72. The van der Waals surface area contributed by atoms with Crippen LogP contribution in [0.5, 0.6) is 0 Å². The lowest BCUT2D eigenvalue weighted by molar-refractivity contribution is 0.0954. The molecule has 68 valence electrons. The number of aryl methyl sites for hydroxylation is 1. The fraction of sp³-hybridized carbons (Fsp3) is 0.333. The first-order valence-electron chi connectivity index (χ1n) is 4.04. The van der Waals surface area contributed by atoms with Gasteiger partial charge < -0.3 is 10.3 Å². The van der Waals surface area contributed by atoms with Crippen LogP contribution < -0.4 is 5.32 Å². The van der Waals surface area contributed by atoms with E-state index in [2.05, 4.69) is 10.3 Å². The summed E-state index contributed by atoms with van der Waals surface area (Å²) in [4.78, 5) is 14.2. The summed E-state index contributed by atoms with van der Waals surface area (Å²) in [5.74, 6) is -0.131. The highest BCUT2D eigenvalue weighted by molar-refractivity contribution is 5.95. The molecule has 1 amide bonds. The van der Waals surface area contributed by atoms with Crippen molar-refractivity contribution in [2.45, 2.75) is 13.3 Å². The number of nitrogens with zero attached hydrogens (tertiary/aromatic N) is 1. The largest absolute Gasteiger partial charge is 0.367 e. The van der Waals surface area contributed by atoms with Gasteiger partial charge in [0.1, 0.15) is 0 Å². The molecule has 0 radical (unpaired) electrons. The second kappa shape index (κ2) is 4.31. The maximum Gasteiger partial charge on any atom is 0.253 e. The fourth-order valence-electron chi connectivity index (χ4n) is 1.01. The molecule has 0 fully saturated rings. The third kappa shape index (κ3) is 2.34. The van der Waals surface area contributed by atoms with Gasteiger partial charge >= 0.3 is 0 Å². The predicted octanol–water partition coefficient (Wildman–Crippen LogP) is 0.967. The van der Waals surface area contributed by atoms with Crippen LogP contribution in [0.15, 0.2) is 12.4 Å². The maximum absolute atomic E-state index is 11.4. The molecular weight excluding hydrogens is 166 g/mol. The Morgan fingerprint density at radius 2 is 2.46 bits per heavy atom. The number of hydrogen-bond acceptors (Lipinski definition) is 2. The number of nitriles is 1. The van der Waals surface area contributed by atoms with Crippen molar-refractivity contribution in [2.24, 2.45) is 0 Å². The van der Waals surface area contributed by atoms with Crippen LogP contribution in [0, 0.1) is 18.3 Å². The lowest BCUT2D eigenvalue weighted by Gasteiger charge is -2.00. The number of carbonyl (C=O) groups excluding carboxylic acids is 1. The van der Waals surface area contributed by atoms with Gasteiger partial charge in [-0.1, -0.05) is 0 Å². The van der Waals surface area contributed by atoms with Gasteiger partial charge in [0.15, 0.2) is 0 Å². The van der Waals surface area contributed by atoms with Crippen LogP contribution in [-0.2, 0) is 0 Å². The van der Waals surface area contributed by atoms with Crippen molar-refractivity contribution in [3.05, 3.63) is 23.5 Å². The quantitative estimate of drug-likeness (QED) is 0.675. The standard InChI is InChI=1S/C9H11N3O/c1-7-5-11-6-8(7)9(13)12-4-2-3-10/h5-6,11H,2,4H2,1H3,(H,12,13). The van der Waals surface area contributed by atoms with Gasteiger partial charge in [0.2, 0.25) is 0 Å². The molecule has 2 N–H and O–H groups in total. The highest BCUT2D eigenvalue weighted by atomic mass is 16.1. The minimum Gasteiger partial charge on any atom is -0.367 e. The molecule has 0 saturated carbocycles. The molecule has 1 aromatic rings. The zero-order chi connectivity index (χ0) is 9.68. The first-order chi connectivity index (χ1) is 6.25. The highest BCUT2D eigenvalue weighted by Gasteiger charge is 2.07. The number of amides is 1. The average molecular weight is 177 g/mol. The summed E-state index contributed by atoms with van der Waals surface area (Å²) < 4.78 is 0. The van der Waals surface area contributed by atoms with Crippen LogP contribution in [0.1, 0.15) is 22.3 Å². The average Bonchev–Trinajstić information content (AvgIpc) is 2.52. The molecule has 4 nitrogen and oxygen atoms in total. The highest BCUT2D eigenvalue weighted by Crippen LogP contribution is 2.04. The number of aromatic nitrogens is 1. The number of carbonyl (C=O) groups is 1. The second-order valence-electron chi connectivity index (χ2n) is 2.72. The van der Waals surface area contributed by atoms with Crippen LogP contribution in [0.3, 0.4) is 0 Å². The minimum atomic E-state index is -0.131. The SMILES string of the molecule is Cc1c[nH]cc1C(=O)NCCC#N. The van der Waals surface area contributed by atoms with E-state index in [4.69, 9.17) is 5.26 Å². The molecule has 4 heteroatoms. The van der Waals surface area contributed by atoms with Gasteiger partial charge in [0.25, 0.3) is 5.91 Å². The Morgan fingerprint density at radius 1 is 1.69 bits per heavy atom. The van der Waals surface area contributed by atoms with E-state index in [1.807, 2.05) is 13.0 Å². The van der Waals surface area contributed by atoms with Crippen LogP contribution in [0.25, 0.3) is 0 Å². The van der Waals surface area contributed by atoms with Gasteiger partial charge in [0.05, 0.1) is 18.1 Å². The molecule has 0 bridgehead atoms. The Kier molecular flexibility index (Phi) is 3.09. The van der Waals surface area contributed by atoms with Gasteiger partial charge in [0, 0.05) is 18.9 Å². The molecule has 0 spiro atoms. The Hall–Kier alpha value is -1.76. The van der Waals surface area contributed by atoms with Crippen LogP contribution in [-0.4, -0.2) is 17.4 Å². The van der Waals surface area contributed by atoms with Gasteiger partial charge in [-0.15, -0.1) is 0 Å². The van der Waals surface area contributed by atoms with Gasteiger partial charge in [-0.05, 0) is 12.5 Å². The molecule has 0 atom stereocenters. The molecule has 0 aromatic carbocycles. The molecule has 0 aliphatic rings. The summed E-state index contributed by atoms with van der Waals surface area (Å²) in [6, 6.07) is 1.96. The van der Waals surface area contributed by atoms with Crippen molar-refractivity contribution in [3.63, 3.8) is 0 Å². The second-order valence-corrected chi connectivity index (χ2v) is 2.72. The van der Waals surface area contributed by atoms with Gasteiger partial charge in [-0.25, -0.2) is 0 Å². The van der Waals surface area contributed by atoms with E-state index in [-0.39, 0.29) is 5.91 Å². The first kappa shape index (κ1) is 9.33. The third-order valence-corrected chi connectivity index (χ3v) is 1.72. The summed E-state index contributed by atoms with van der Waals surface area (Å²) in [6.45, 7) is 2.26. The zero-order valence-corrected chi connectivity index (χ0v) is 7.42. The molecular formula is C9H11N3O. The summed E-state index contributed by atoms with van der Waals surface area (Å²) in [5, 5.41) is 10.9. The van der Waals surface area contributed by atoms with E-state index in [9.17, 15) is 4.79 Å². The molecule has 1 rings (SSSR count). The molecule has 1 aromatic heterocycles. The molecule has 0 aliphatic carbocycles. The summed E-state index contributed by atoms with van der Waals surface area (Å²) in [5.41, 5.74) is 1.55. The Labute approximate surface area is 76.6 Å². The smallest absolute Gasteiger partial charge is 0.253 e. The van der Waals surface area contributed by atoms with Crippen molar-refractivity contribution >= 4 is 5.91 Å². The molecule has 13 heavy (non-hydrogen) atoms. The number of hydrogen-bond donors (Lipinski definition) is 2. The van der Waals surface area contributed by atoms with Crippen molar-refractivity contribution in [1.29, 1.82) is 5.26 Å². The zero-order valence-electron chi connectivity index (χ0n) is 7.42. The van der Waals surface area contributed by atoms with E-state index < -0.39 is 0 Å². The van der Waals surface area contributed by atoms with Crippen LogP contribution >= 0.6 is 0 Å². The first-order valence-corrected chi connectivity index (χ1v) is 4.04. The molecule has 0 unspecified atom stereocenters. The van der Waals surface area contributed by atoms with E-state index in [0.717, 1.165) is 5.56 Å². The lowest BCUT2D eigenvalue weighted by Crippen LogP contribution is -2.24. The van der Waals surface area contributed by atoms with Gasteiger partial charge in [-0.3, -0.25) is 4.79 Å². The topological polar surface area (TPSA) is 68.7 Å². The Balaban J connectivity index is 2.50. The van der Waals surface area contributed by atoms with Crippen LogP contribution in [0.4, 0.5) is 0 Å². The van der Waals surface area contributed by atoms with Crippen molar-refractivity contribution in [2.75, 3.05) is 6.54 Å². The van der Waals surface area contributed by atoms with Crippen molar-refractivity contribution in [1.82, 2.24) is 10.3 Å². The Bertz CT molecular complexity index is 335. The number of H-pyrrole nitrogens is 1. The van der Waals surface area contributed by atoms with Gasteiger partial charge in [-0.2, -0.15) is 5.26 Å². The lowest BCUT2D eigenvalue weighted by atomic mass is 10.2. The van der Waals surface area contributed by atoms with Crippen molar-refractivity contribution in [3.8, 4) is 6.07 Å². The molecule has 0 saturated heterocycles. The minimum absolute atomic E-state index is 0.131. The van der Waals surface area contributed by atoms with Crippen molar-refractivity contribution < 1.29 is 4.79 Å². The summed E-state index contributed by atoms with van der Waals surface area (Å²) >= 11 is 0. The number of nitrogens with one attached hydrogen (secondary N) is 2. The summed E-state index contributed by atoms with van der Waals surface area (Å²) in [7, 11) is 0. The number of rotatable bonds is 3. The molecule has 1 heterocycles. The van der Waals surface area contributed by atoms with Crippen LogP contribution in [0.2, 0.25) is 0 Å². The van der Waals surface area contributed by atoms with E-state index in [1.165, 1.54) is 0 Å². The normalized spacial score (nSPS) is 9.23. The summed E-state index contributed by atoms with van der Waals surface area (Å²) in [6.07, 6.45) is 3.76. The monoisotopic (exact) mass is 177 g/mol. The predicted molar refractivity (Wildman–Crippen MR) is 48.1 cm³/mol. The van der Waals surface area contributed by atoms with E-state index in [1.54, 1.807) is 12.4 Å². The van der Waals surface area contributed by atoms with E-state index in [0.29, 0.717) is 18.5 Å². The fourth-order valence-corrected chi connectivity index (χ4v) is 1.01. The molecule has 0 aliphatic heterocycles. The maximum atomic E-state index is 11.4. The number of aromatic amines is 1. The Morgan fingerprint density at radius 3 is 3.00 bits per heavy atom. The van der Waals surface area contributed by atoms with E-state index >= 15 is 0 Å².